The molecule has 0 spiro atoms. The average molecular weight is 242 g/mol. The van der Waals surface area contributed by atoms with E-state index in [9.17, 15) is 5.11 Å². The van der Waals surface area contributed by atoms with Crippen molar-refractivity contribution in [3.05, 3.63) is 53.6 Å². The smallest absolute Gasteiger partial charge is 0.119 e. The van der Waals surface area contributed by atoms with E-state index >= 15 is 0 Å². The van der Waals surface area contributed by atoms with E-state index in [4.69, 9.17) is 4.74 Å². The summed E-state index contributed by atoms with van der Waals surface area (Å²) in [4.78, 5) is 0. The summed E-state index contributed by atoms with van der Waals surface area (Å²) in [5, 5.41) is 9.49. The fourth-order valence-corrected chi connectivity index (χ4v) is 2.05. The van der Waals surface area contributed by atoms with Crippen molar-refractivity contribution in [3.63, 3.8) is 0 Å². The van der Waals surface area contributed by atoms with Crippen LogP contribution in [0.2, 0.25) is 0 Å². The fourth-order valence-electron chi connectivity index (χ4n) is 2.05. The Morgan fingerprint density at radius 1 is 1.11 bits per heavy atom. The van der Waals surface area contributed by atoms with Crippen LogP contribution in [0.3, 0.4) is 0 Å². The predicted octanol–water partition coefficient (Wildman–Crippen LogP) is 3.55. The van der Waals surface area contributed by atoms with Crippen LogP contribution in [0.5, 0.6) is 5.75 Å². The van der Waals surface area contributed by atoms with Gasteiger partial charge in [-0.1, -0.05) is 35.9 Å². The van der Waals surface area contributed by atoms with Crippen LogP contribution in [-0.4, -0.2) is 11.7 Å². The molecule has 1 N–H and O–H groups in total. The first-order valence-electron chi connectivity index (χ1n) is 6.18. The molecule has 0 aliphatic heterocycles. The SMILES string of the molecule is CCOc1ccc(-c2cccc(C)c2)c(CO)c1. The van der Waals surface area contributed by atoms with Gasteiger partial charge < -0.3 is 9.84 Å². The summed E-state index contributed by atoms with van der Waals surface area (Å²) in [6.07, 6.45) is 0. The minimum Gasteiger partial charge on any atom is -0.494 e. The second-order valence-electron chi connectivity index (χ2n) is 4.28. The topological polar surface area (TPSA) is 29.5 Å². The van der Waals surface area contributed by atoms with Gasteiger partial charge in [-0.05, 0) is 42.7 Å². The molecule has 0 saturated heterocycles. The van der Waals surface area contributed by atoms with Gasteiger partial charge >= 0.3 is 0 Å². The highest BCUT2D eigenvalue weighted by molar-refractivity contribution is 5.68. The van der Waals surface area contributed by atoms with Crippen LogP contribution in [-0.2, 0) is 6.61 Å². The molecule has 2 heteroatoms. The predicted molar refractivity (Wildman–Crippen MR) is 73.7 cm³/mol. The number of aryl methyl sites for hydroxylation is 1. The third kappa shape index (κ3) is 2.71. The zero-order chi connectivity index (χ0) is 13.0. The molecule has 0 bridgehead atoms. The summed E-state index contributed by atoms with van der Waals surface area (Å²) in [5.41, 5.74) is 4.29. The van der Waals surface area contributed by atoms with E-state index in [2.05, 4.69) is 25.1 Å². The molecule has 0 radical (unpaired) electrons. The third-order valence-electron chi connectivity index (χ3n) is 2.89. The lowest BCUT2D eigenvalue weighted by atomic mass is 9.98. The van der Waals surface area contributed by atoms with E-state index in [0.29, 0.717) is 6.61 Å². The molecular weight excluding hydrogens is 224 g/mol. The van der Waals surface area contributed by atoms with Gasteiger partial charge in [-0.15, -0.1) is 0 Å². The van der Waals surface area contributed by atoms with Crippen molar-refractivity contribution in [2.75, 3.05) is 6.61 Å². The van der Waals surface area contributed by atoms with E-state index < -0.39 is 0 Å². The quantitative estimate of drug-likeness (QED) is 0.888. The van der Waals surface area contributed by atoms with Gasteiger partial charge in [-0.3, -0.25) is 0 Å². The molecule has 0 aliphatic rings. The van der Waals surface area contributed by atoms with Crippen molar-refractivity contribution in [1.82, 2.24) is 0 Å². The Morgan fingerprint density at radius 3 is 2.61 bits per heavy atom. The van der Waals surface area contributed by atoms with E-state index in [-0.39, 0.29) is 6.61 Å². The average Bonchev–Trinajstić information content (AvgIpc) is 2.39. The third-order valence-corrected chi connectivity index (χ3v) is 2.89. The number of hydrogen-bond acceptors (Lipinski definition) is 2. The van der Waals surface area contributed by atoms with Crippen molar-refractivity contribution in [1.29, 1.82) is 0 Å². The summed E-state index contributed by atoms with van der Waals surface area (Å²) >= 11 is 0. The second kappa shape index (κ2) is 5.69. The van der Waals surface area contributed by atoms with Crippen molar-refractivity contribution >= 4 is 0 Å². The fraction of sp³-hybridized carbons (Fsp3) is 0.250. The van der Waals surface area contributed by atoms with E-state index in [1.807, 2.05) is 31.2 Å². The van der Waals surface area contributed by atoms with E-state index in [1.165, 1.54) is 5.56 Å². The van der Waals surface area contributed by atoms with Gasteiger partial charge in [0.1, 0.15) is 5.75 Å². The summed E-state index contributed by atoms with van der Waals surface area (Å²) in [6, 6.07) is 14.1. The maximum Gasteiger partial charge on any atom is 0.119 e. The highest BCUT2D eigenvalue weighted by Gasteiger charge is 2.06. The summed E-state index contributed by atoms with van der Waals surface area (Å²) in [6.45, 7) is 4.67. The Balaban J connectivity index is 2.44. The lowest BCUT2D eigenvalue weighted by Crippen LogP contribution is -1.95. The number of hydrogen-bond donors (Lipinski definition) is 1. The lowest BCUT2D eigenvalue weighted by molar-refractivity contribution is 0.280. The maximum absolute atomic E-state index is 9.49. The highest BCUT2D eigenvalue weighted by atomic mass is 16.5. The molecule has 0 atom stereocenters. The largest absolute Gasteiger partial charge is 0.494 e. The molecule has 2 aromatic carbocycles. The summed E-state index contributed by atoms with van der Waals surface area (Å²) in [7, 11) is 0. The van der Waals surface area contributed by atoms with Crippen LogP contribution in [0.1, 0.15) is 18.1 Å². The normalized spacial score (nSPS) is 10.4. The van der Waals surface area contributed by atoms with Gasteiger partial charge in [0.2, 0.25) is 0 Å². The van der Waals surface area contributed by atoms with E-state index in [1.54, 1.807) is 0 Å². The highest BCUT2D eigenvalue weighted by Crippen LogP contribution is 2.28. The molecule has 2 nitrogen and oxygen atoms in total. The molecule has 0 aromatic heterocycles. The number of ether oxygens (including phenoxy) is 1. The van der Waals surface area contributed by atoms with Crippen molar-refractivity contribution in [3.8, 4) is 16.9 Å². The van der Waals surface area contributed by atoms with Gasteiger partial charge in [0.15, 0.2) is 0 Å². The molecule has 0 aliphatic carbocycles. The van der Waals surface area contributed by atoms with Crippen LogP contribution in [0.4, 0.5) is 0 Å². The molecule has 0 saturated carbocycles. The minimum absolute atomic E-state index is 0.0180. The molecule has 18 heavy (non-hydrogen) atoms. The van der Waals surface area contributed by atoms with E-state index in [0.717, 1.165) is 22.4 Å². The summed E-state index contributed by atoms with van der Waals surface area (Å²) in [5.74, 6) is 0.804. The first kappa shape index (κ1) is 12.7. The molecule has 0 amide bonds. The zero-order valence-electron chi connectivity index (χ0n) is 10.8. The van der Waals surface area contributed by atoms with Gasteiger partial charge in [-0.2, -0.15) is 0 Å². The standard InChI is InChI=1S/C16H18O2/c1-3-18-15-7-8-16(14(10-15)11-17)13-6-4-5-12(2)9-13/h4-10,17H,3,11H2,1-2H3. The van der Waals surface area contributed by atoms with Crippen LogP contribution in [0, 0.1) is 6.92 Å². The first-order valence-corrected chi connectivity index (χ1v) is 6.18. The van der Waals surface area contributed by atoms with Crippen LogP contribution in [0.15, 0.2) is 42.5 Å². The van der Waals surface area contributed by atoms with Gasteiger partial charge in [0.25, 0.3) is 0 Å². The molecular formula is C16H18O2. The maximum atomic E-state index is 9.49. The first-order chi connectivity index (χ1) is 8.74. The van der Waals surface area contributed by atoms with Crippen LogP contribution < -0.4 is 4.74 Å². The Bertz CT molecular complexity index is 532. The molecule has 0 heterocycles. The van der Waals surface area contributed by atoms with Crippen LogP contribution in [0.25, 0.3) is 11.1 Å². The van der Waals surface area contributed by atoms with Crippen molar-refractivity contribution in [2.45, 2.75) is 20.5 Å². The Kier molecular flexibility index (Phi) is 4.00. The molecule has 2 aromatic rings. The van der Waals surface area contributed by atoms with Gasteiger partial charge in [0, 0.05) is 0 Å². The van der Waals surface area contributed by atoms with Crippen LogP contribution >= 0.6 is 0 Å². The number of aliphatic hydroxyl groups is 1. The number of benzene rings is 2. The van der Waals surface area contributed by atoms with Crippen molar-refractivity contribution < 1.29 is 9.84 Å². The Labute approximate surface area is 108 Å². The monoisotopic (exact) mass is 242 g/mol. The van der Waals surface area contributed by atoms with Gasteiger partial charge in [0.05, 0.1) is 13.2 Å². The minimum atomic E-state index is 0.0180. The Hall–Kier alpha value is -1.80. The van der Waals surface area contributed by atoms with Crippen molar-refractivity contribution in [2.24, 2.45) is 0 Å². The Morgan fingerprint density at radius 2 is 1.94 bits per heavy atom. The zero-order valence-corrected chi connectivity index (χ0v) is 10.8. The number of rotatable bonds is 4. The molecule has 0 fully saturated rings. The van der Waals surface area contributed by atoms with Gasteiger partial charge in [-0.25, -0.2) is 0 Å². The molecule has 2 rings (SSSR count). The molecule has 94 valence electrons. The summed E-state index contributed by atoms with van der Waals surface area (Å²) < 4.78 is 5.45. The molecule has 0 unspecified atom stereocenters. The number of aliphatic hydroxyl groups excluding tert-OH is 1. The lowest BCUT2D eigenvalue weighted by Gasteiger charge is -2.11. The second-order valence-corrected chi connectivity index (χ2v) is 4.28.